The van der Waals surface area contributed by atoms with Gasteiger partial charge in [0.15, 0.2) is 18.3 Å². The summed E-state index contributed by atoms with van der Waals surface area (Å²) in [4.78, 5) is 22.4. The summed E-state index contributed by atoms with van der Waals surface area (Å²) in [6.07, 6.45) is 18.7. The van der Waals surface area contributed by atoms with Gasteiger partial charge in [-0.05, 0) is 56.5 Å². The van der Waals surface area contributed by atoms with E-state index >= 15 is 0 Å². The predicted molar refractivity (Wildman–Crippen MR) is 151 cm³/mol. The topological polar surface area (TPSA) is 82.0 Å². The number of aliphatic hydroxyl groups is 1. The molecule has 0 aliphatic heterocycles. The van der Waals surface area contributed by atoms with E-state index in [1.807, 2.05) is 34.9 Å². The van der Waals surface area contributed by atoms with E-state index in [-0.39, 0.29) is 5.41 Å². The molecule has 0 bridgehead atoms. The number of aliphatic hydroxyl groups excluding tert-OH is 1. The lowest BCUT2D eigenvalue weighted by atomic mass is 9.77. The SMILES string of the molecule is CC.CC/C(C=O)=N\N(/C=C(/O)C=O)CC1(c2cccc(C3=CC=CCC=C3)c2)CCCC1.CNC. The number of allylic oxidation sites excluding steroid dienone is 7. The Labute approximate surface area is 217 Å². The number of hydrazone groups is 1. The minimum Gasteiger partial charge on any atom is -0.504 e. The molecule has 6 nitrogen and oxygen atoms in total. The van der Waals surface area contributed by atoms with E-state index in [0.29, 0.717) is 25.0 Å². The fourth-order valence-electron chi connectivity index (χ4n) is 4.34. The van der Waals surface area contributed by atoms with Crippen LogP contribution in [0.1, 0.15) is 70.4 Å². The number of hydrogen-bond donors (Lipinski definition) is 2. The van der Waals surface area contributed by atoms with Crippen LogP contribution >= 0.6 is 0 Å². The maximum atomic E-state index is 11.3. The first-order valence-electron chi connectivity index (χ1n) is 12.9. The normalized spacial score (nSPS) is 16.5. The molecule has 0 spiro atoms. The number of nitrogens with zero attached hydrogens (tertiary/aromatic N) is 2. The third kappa shape index (κ3) is 9.42. The maximum absolute atomic E-state index is 11.3. The second-order valence-corrected chi connectivity index (χ2v) is 8.59. The van der Waals surface area contributed by atoms with E-state index in [1.54, 1.807) is 5.01 Å². The Morgan fingerprint density at radius 1 is 1.14 bits per heavy atom. The summed E-state index contributed by atoms with van der Waals surface area (Å²) in [7, 11) is 3.75. The summed E-state index contributed by atoms with van der Waals surface area (Å²) >= 11 is 0. The molecule has 3 rings (SSSR count). The first kappa shape index (κ1) is 30.8. The Morgan fingerprint density at radius 3 is 2.44 bits per heavy atom. The highest BCUT2D eigenvalue weighted by Crippen LogP contribution is 2.42. The highest BCUT2D eigenvalue weighted by atomic mass is 16.3. The van der Waals surface area contributed by atoms with Crippen molar-refractivity contribution in [2.75, 3.05) is 20.6 Å². The van der Waals surface area contributed by atoms with Crippen LogP contribution in [0.2, 0.25) is 0 Å². The van der Waals surface area contributed by atoms with Crippen molar-refractivity contribution in [1.29, 1.82) is 0 Å². The minimum absolute atomic E-state index is 0.175. The number of rotatable bonds is 9. The lowest BCUT2D eigenvalue weighted by Crippen LogP contribution is -2.35. The van der Waals surface area contributed by atoms with Gasteiger partial charge in [-0.1, -0.05) is 88.3 Å². The standard InChI is InChI=1S/C26H30N2O3.C2H7N.C2H6/c1-2-24(18-29)27-28(17-25(31)19-30)20-26(14-7-8-15-26)23-13-9-12-22(16-23)21-10-5-3-4-6-11-21;1-3-2;1-2/h3,5-6,9-13,16-19,31H,2,4,7-8,14-15,20H2,1H3;3H,1-2H3;1-2H3/b25-17+,27-24+;;. The van der Waals surface area contributed by atoms with Crippen molar-refractivity contribution in [1.82, 2.24) is 10.3 Å². The number of nitrogens with one attached hydrogen (secondary N) is 1. The van der Waals surface area contributed by atoms with Gasteiger partial charge in [-0.2, -0.15) is 5.10 Å². The molecule has 0 atom stereocenters. The second-order valence-electron chi connectivity index (χ2n) is 8.59. The summed E-state index contributed by atoms with van der Waals surface area (Å²) in [5.74, 6) is -0.410. The zero-order chi connectivity index (χ0) is 26.8. The minimum atomic E-state index is -0.410. The number of benzene rings is 1. The van der Waals surface area contributed by atoms with Crippen LogP contribution in [0, 0.1) is 0 Å². The molecular formula is C30H43N3O3. The molecule has 36 heavy (non-hydrogen) atoms. The van der Waals surface area contributed by atoms with Crippen molar-refractivity contribution in [2.45, 2.75) is 64.7 Å². The second kappa shape index (κ2) is 17.2. The Bertz CT molecular complexity index is 967. The Kier molecular flexibility index (Phi) is 14.7. The third-order valence-electron chi connectivity index (χ3n) is 5.97. The highest BCUT2D eigenvalue weighted by Gasteiger charge is 2.37. The van der Waals surface area contributed by atoms with Gasteiger partial charge in [0.05, 0.1) is 12.7 Å². The smallest absolute Gasteiger partial charge is 0.186 e. The predicted octanol–water partition coefficient (Wildman–Crippen LogP) is 6.12. The van der Waals surface area contributed by atoms with Crippen LogP contribution in [0.5, 0.6) is 0 Å². The van der Waals surface area contributed by atoms with Gasteiger partial charge in [-0.25, -0.2) is 0 Å². The van der Waals surface area contributed by atoms with E-state index in [2.05, 4.69) is 65.1 Å². The van der Waals surface area contributed by atoms with Crippen LogP contribution in [0.4, 0.5) is 0 Å². The summed E-state index contributed by atoms with van der Waals surface area (Å²) in [5, 5.41) is 18.6. The Hall–Kier alpha value is -3.25. The van der Waals surface area contributed by atoms with Crippen LogP contribution in [-0.4, -0.2) is 49.0 Å². The fourth-order valence-corrected chi connectivity index (χ4v) is 4.34. The monoisotopic (exact) mass is 493 g/mol. The van der Waals surface area contributed by atoms with Gasteiger partial charge in [0, 0.05) is 5.41 Å². The van der Waals surface area contributed by atoms with Gasteiger partial charge in [0.2, 0.25) is 0 Å². The molecule has 0 amide bonds. The van der Waals surface area contributed by atoms with E-state index in [0.717, 1.165) is 44.0 Å². The molecule has 2 aliphatic carbocycles. The van der Waals surface area contributed by atoms with Crippen molar-refractivity contribution in [3.05, 3.63) is 77.7 Å². The van der Waals surface area contributed by atoms with Crippen LogP contribution in [0.15, 0.2) is 71.7 Å². The van der Waals surface area contributed by atoms with Crippen molar-refractivity contribution in [3.63, 3.8) is 0 Å². The van der Waals surface area contributed by atoms with E-state index in [4.69, 9.17) is 0 Å². The van der Waals surface area contributed by atoms with Crippen molar-refractivity contribution in [2.24, 2.45) is 5.10 Å². The molecule has 1 aromatic carbocycles. The number of aldehydes is 2. The van der Waals surface area contributed by atoms with Gasteiger partial charge >= 0.3 is 0 Å². The van der Waals surface area contributed by atoms with Crippen molar-refractivity contribution in [3.8, 4) is 0 Å². The molecule has 6 heteroatoms. The zero-order valence-electron chi connectivity index (χ0n) is 22.5. The van der Waals surface area contributed by atoms with E-state index in [9.17, 15) is 14.7 Å². The third-order valence-corrected chi connectivity index (χ3v) is 5.97. The first-order valence-corrected chi connectivity index (χ1v) is 12.9. The molecule has 0 heterocycles. The highest BCUT2D eigenvalue weighted by molar-refractivity contribution is 6.28. The van der Waals surface area contributed by atoms with Crippen LogP contribution in [-0.2, 0) is 15.0 Å². The molecule has 0 radical (unpaired) electrons. The summed E-state index contributed by atoms with van der Waals surface area (Å²) < 4.78 is 0. The lowest BCUT2D eigenvalue weighted by molar-refractivity contribution is -0.107. The average Bonchev–Trinajstić information content (AvgIpc) is 3.22. The number of carbonyl (C=O) groups is 2. The summed E-state index contributed by atoms with van der Waals surface area (Å²) in [5.41, 5.74) is 3.75. The van der Waals surface area contributed by atoms with Crippen LogP contribution in [0.25, 0.3) is 5.57 Å². The molecule has 0 saturated heterocycles. The number of carbonyl (C=O) groups excluding carboxylic acids is 2. The first-order chi connectivity index (χ1) is 17.5. The average molecular weight is 494 g/mol. The van der Waals surface area contributed by atoms with Gasteiger partial charge < -0.3 is 10.4 Å². The van der Waals surface area contributed by atoms with Crippen molar-refractivity contribution >= 4 is 23.9 Å². The quantitative estimate of drug-likeness (QED) is 0.142. The van der Waals surface area contributed by atoms with Crippen molar-refractivity contribution < 1.29 is 14.7 Å². The molecule has 1 saturated carbocycles. The molecule has 1 aromatic rings. The van der Waals surface area contributed by atoms with Gasteiger partial charge in [-0.3, -0.25) is 14.6 Å². The van der Waals surface area contributed by atoms with Gasteiger partial charge in [-0.15, -0.1) is 0 Å². The molecule has 0 unspecified atom stereocenters. The maximum Gasteiger partial charge on any atom is 0.186 e. The molecule has 196 valence electrons. The molecule has 1 fully saturated rings. The van der Waals surface area contributed by atoms with Gasteiger partial charge in [0.1, 0.15) is 5.71 Å². The summed E-state index contributed by atoms with van der Waals surface area (Å²) in [6, 6.07) is 8.60. The van der Waals surface area contributed by atoms with E-state index < -0.39 is 5.76 Å². The Morgan fingerprint density at radius 2 is 1.83 bits per heavy atom. The number of hydrogen-bond acceptors (Lipinski definition) is 6. The molecule has 2 N–H and O–H groups in total. The van der Waals surface area contributed by atoms with Crippen LogP contribution < -0.4 is 5.32 Å². The largest absolute Gasteiger partial charge is 0.504 e. The van der Waals surface area contributed by atoms with Gasteiger partial charge in [0.25, 0.3) is 0 Å². The van der Waals surface area contributed by atoms with Crippen LogP contribution in [0.3, 0.4) is 0 Å². The van der Waals surface area contributed by atoms with E-state index in [1.165, 1.54) is 17.3 Å². The zero-order valence-corrected chi connectivity index (χ0v) is 22.5. The molecule has 2 aliphatic rings. The summed E-state index contributed by atoms with van der Waals surface area (Å²) in [6.45, 7) is 6.34. The molecule has 0 aromatic heterocycles. The lowest BCUT2D eigenvalue weighted by Gasteiger charge is -2.34. The Balaban J connectivity index is 0.00000120. The molecular weight excluding hydrogens is 450 g/mol. The fraction of sp³-hybridized carbons (Fsp3) is 0.433.